The van der Waals surface area contributed by atoms with Gasteiger partial charge in [-0.1, -0.05) is 38.1 Å². The Bertz CT molecular complexity index is 1090. The molecule has 0 bridgehead atoms. The van der Waals surface area contributed by atoms with Crippen LogP contribution in [0.15, 0.2) is 47.4 Å². The molecule has 0 radical (unpaired) electrons. The van der Waals surface area contributed by atoms with Crippen molar-refractivity contribution in [3.8, 4) is 0 Å². The van der Waals surface area contributed by atoms with Crippen molar-refractivity contribution in [1.29, 1.82) is 0 Å². The zero-order chi connectivity index (χ0) is 22.8. The summed E-state index contributed by atoms with van der Waals surface area (Å²) in [6.45, 7) is 7.93. The van der Waals surface area contributed by atoms with Crippen LogP contribution in [0.4, 0.5) is 5.69 Å². The summed E-state index contributed by atoms with van der Waals surface area (Å²) in [4.78, 5) is 27.3. The van der Waals surface area contributed by atoms with Crippen molar-refractivity contribution < 1.29 is 22.7 Å². The third-order valence-electron chi connectivity index (χ3n) is 5.53. The van der Waals surface area contributed by atoms with E-state index in [-0.39, 0.29) is 16.4 Å². The van der Waals surface area contributed by atoms with Gasteiger partial charge in [0.25, 0.3) is 5.91 Å². The molecule has 0 spiro atoms. The van der Waals surface area contributed by atoms with Gasteiger partial charge in [-0.05, 0) is 49.6 Å². The summed E-state index contributed by atoms with van der Waals surface area (Å²) in [6, 6.07) is 12.1. The number of hydrogen-bond donors (Lipinski definition) is 0. The zero-order valence-electron chi connectivity index (χ0n) is 18.3. The Hall–Kier alpha value is -2.71. The Morgan fingerprint density at radius 2 is 1.81 bits per heavy atom. The minimum atomic E-state index is -3.73. The van der Waals surface area contributed by atoms with Crippen molar-refractivity contribution in [2.45, 2.75) is 45.1 Å². The monoisotopic (exact) mass is 444 g/mol. The SMILES string of the molecule is CCN(CC)S(=O)(=O)c1cc(C(=O)O[C@H](C)C(=O)N2CCc3ccccc32)ccc1C. The fourth-order valence-corrected chi connectivity index (χ4v) is 5.48. The summed E-state index contributed by atoms with van der Waals surface area (Å²) in [5, 5.41) is 0. The van der Waals surface area contributed by atoms with E-state index >= 15 is 0 Å². The number of carbonyl (C=O) groups excluding carboxylic acids is 2. The number of aryl methyl sites for hydroxylation is 1. The Kier molecular flexibility index (Phi) is 6.81. The molecule has 0 unspecified atom stereocenters. The summed E-state index contributed by atoms with van der Waals surface area (Å²) < 4.78 is 32.6. The molecule has 1 atom stereocenters. The normalized spacial score (nSPS) is 14.4. The van der Waals surface area contributed by atoms with Crippen LogP contribution in [0.5, 0.6) is 0 Å². The van der Waals surface area contributed by atoms with Gasteiger partial charge in [0.1, 0.15) is 0 Å². The summed E-state index contributed by atoms with van der Waals surface area (Å²) in [6.07, 6.45) is -0.240. The number of benzene rings is 2. The third kappa shape index (κ3) is 4.50. The number of para-hydroxylation sites is 1. The second-order valence-corrected chi connectivity index (χ2v) is 9.39. The third-order valence-corrected chi connectivity index (χ3v) is 7.72. The molecule has 7 nitrogen and oxygen atoms in total. The van der Waals surface area contributed by atoms with E-state index in [1.54, 1.807) is 31.7 Å². The first-order valence-electron chi connectivity index (χ1n) is 10.4. The van der Waals surface area contributed by atoms with Crippen LogP contribution in [0.2, 0.25) is 0 Å². The van der Waals surface area contributed by atoms with Crippen LogP contribution >= 0.6 is 0 Å². The van der Waals surface area contributed by atoms with Crippen molar-refractivity contribution in [2.24, 2.45) is 0 Å². The van der Waals surface area contributed by atoms with Gasteiger partial charge in [0.2, 0.25) is 10.0 Å². The van der Waals surface area contributed by atoms with Crippen molar-refractivity contribution in [2.75, 3.05) is 24.5 Å². The quantitative estimate of drug-likeness (QED) is 0.613. The molecule has 0 N–H and O–H groups in total. The average molecular weight is 445 g/mol. The maximum Gasteiger partial charge on any atom is 0.338 e. The van der Waals surface area contributed by atoms with Crippen molar-refractivity contribution in [3.63, 3.8) is 0 Å². The van der Waals surface area contributed by atoms with Crippen LogP contribution < -0.4 is 4.90 Å². The Labute approximate surface area is 183 Å². The highest BCUT2D eigenvalue weighted by molar-refractivity contribution is 7.89. The topological polar surface area (TPSA) is 84.0 Å². The van der Waals surface area contributed by atoms with E-state index in [1.165, 1.54) is 23.4 Å². The molecule has 8 heteroatoms. The zero-order valence-corrected chi connectivity index (χ0v) is 19.1. The second-order valence-electron chi connectivity index (χ2n) is 7.49. The number of carbonyl (C=O) groups is 2. The Morgan fingerprint density at radius 1 is 1.13 bits per heavy atom. The number of anilines is 1. The molecule has 1 amide bonds. The van der Waals surface area contributed by atoms with Gasteiger partial charge in [-0.3, -0.25) is 4.79 Å². The maximum atomic E-state index is 12.9. The molecule has 2 aromatic rings. The maximum absolute atomic E-state index is 12.9. The minimum Gasteiger partial charge on any atom is -0.449 e. The lowest BCUT2D eigenvalue weighted by Crippen LogP contribution is -2.39. The Morgan fingerprint density at radius 3 is 2.48 bits per heavy atom. The van der Waals surface area contributed by atoms with E-state index in [9.17, 15) is 18.0 Å². The first kappa shape index (κ1) is 23.0. The number of ether oxygens (including phenoxy) is 1. The molecule has 0 aromatic heterocycles. The number of hydrogen-bond acceptors (Lipinski definition) is 5. The number of fused-ring (bicyclic) bond motifs is 1. The molecule has 1 heterocycles. The van der Waals surface area contributed by atoms with E-state index in [4.69, 9.17) is 4.74 Å². The van der Waals surface area contributed by atoms with Crippen LogP contribution in [0.1, 0.15) is 42.3 Å². The van der Waals surface area contributed by atoms with Crippen LogP contribution in [0.25, 0.3) is 0 Å². The highest BCUT2D eigenvalue weighted by Crippen LogP contribution is 2.28. The van der Waals surface area contributed by atoms with Gasteiger partial charge >= 0.3 is 5.97 Å². The van der Waals surface area contributed by atoms with E-state index in [1.807, 2.05) is 24.3 Å². The van der Waals surface area contributed by atoms with Crippen LogP contribution in [-0.4, -0.2) is 50.3 Å². The predicted octanol–water partition coefficient (Wildman–Crippen LogP) is 3.16. The molecule has 1 aliphatic rings. The summed E-state index contributed by atoms with van der Waals surface area (Å²) in [7, 11) is -3.73. The molecule has 0 saturated carbocycles. The standard InChI is InChI=1S/C23H28N2O5S/c1-5-24(6-2)31(28,29)21-15-19(12-11-16(21)3)23(27)30-17(4)22(26)25-14-13-18-9-7-8-10-20(18)25/h7-12,15,17H,5-6,13-14H2,1-4H3/t17-/m1/s1. The fourth-order valence-electron chi connectivity index (χ4n) is 3.77. The van der Waals surface area contributed by atoms with Crippen molar-refractivity contribution in [1.82, 2.24) is 4.31 Å². The summed E-state index contributed by atoms with van der Waals surface area (Å²) in [5.74, 6) is -1.04. The highest BCUT2D eigenvalue weighted by atomic mass is 32.2. The minimum absolute atomic E-state index is 0.0677. The molecule has 0 fully saturated rings. The van der Waals surface area contributed by atoms with Gasteiger partial charge in [0, 0.05) is 25.3 Å². The molecule has 3 rings (SSSR count). The number of rotatable bonds is 7. The Balaban J connectivity index is 1.79. The van der Waals surface area contributed by atoms with E-state index in [0.717, 1.165) is 17.7 Å². The molecule has 31 heavy (non-hydrogen) atoms. The molecule has 166 valence electrons. The van der Waals surface area contributed by atoms with Gasteiger partial charge in [-0.2, -0.15) is 4.31 Å². The molecule has 0 saturated heterocycles. The van der Waals surface area contributed by atoms with E-state index in [0.29, 0.717) is 25.2 Å². The number of amides is 1. The lowest BCUT2D eigenvalue weighted by atomic mass is 10.1. The molecular formula is C23H28N2O5S. The van der Waals surface area contributed by atoms with E-state index in [2.05, 4.69) is 0 Å². The summed E-state index contributed by atoms with van der Waals surface area (Å²) >= 11 is 0. The van der Waals surface area contributed by atoms with Gasteiger partial charge < -0.3 is 9.64 Å². The summed E-state index contributed by atoms with van der Waals surface area (Å²) in [5.41, 5.74) is 2.55. The van der Waals surface area contributed by atoms with Crippen LogP contribution in [0, 0.1) is 6.92 Å². The van der Waals surface area contributed by atoms with E-state index < -0.39 is 22.1 Å². The number of nitrogens with zero attached hydrogens (tertiary/aromatic N) is 2. The first-order chi connectivity index (χ1) is 14.7. The van der Waals surface area contributed by atoms with Crippen LogP contribution in [0.3, 0.4) is 0 Å². The molecule has 1 aliphatic heterocycles. The number of sulfonamides is 1. The first-order valence-corrected chi connectivity index (χ1v) is 11.9. The van der Waals surface area contributed by atoms with Gasteiger partial charge in [-0.25, -0.2) is 13.2 Å². The average Bonchev–Trinajstić information content (AvgIpc) is 3.18. The van der Waals surface area contributed by atoms with Crippen LogP contribution in [-0.2, 0) is 26.0 Å². The molecular weight excluding hydrogens is 416 g/mol. The molecule has 0 aliphatic carbocycles. The van der Waals surface area contributed by atoms with Gasteiger partial charge in [0.15, 0.2) is 6.10 Å². The fraction of sp³-hybridized carbons (Fsp3) is 0.391. The predicted molar refractivity (Wildman–Crippen MR) is 119 cm³/mol. The largest absolute Gasteiger partial charge is 0.449 e. The molecule has 2 aromatic carbocycles. The van der Waals surface area contributed by atoms with Gasteiger partial charge in [0.05, 0.1) is 10.5 Å². The second kappa shape index (κ2) is 9.20. The lowest BCUT2D eigenvalue weighted by molar-refractivity contribution is -0.126. The number of esters is 1. The van der Waals surface area contributed by atoms with Crippen molar-refractivity contribution >= 4 is 27.6 Å². The van der Waals surface area contributed by atoms with Crippen molar-refractivity contribution in [3.05, 3.63) is 59.2 Å². The smallest absolute Gasteiger partial charge is 0.338 e. The highest BCUT2D eigenvalue weighted by Gasteiger charge is 2.31. The lowest BCUT2D eigenvalue weighted by Gasteiger charge is -2.22. The van der Waals surface area contributed by atoms with Gasteiger partial charge in [-0.15, -0.1) is 0 Å².